The number of carbonyl (C=O) groups is 3. The van der Waals surface area contributed by atoms with Crippen molar-refractivity contribution in [3.8, 4) is 0 Å². The van der Waals surface area contributed by atoms with Crippen LogP contribution in [0.4, 0.5) is 4.39 Å². The van der Waals surface area contributed by atoms with E-state index in [2.05, 4.69) is 10.6 Å². The molecule has 0 saturated carbocycles. The first-order chi connectivity index (χ1) is 12.1. The van der Waals surface area contributed by atoms with Crippen molar-refractivity contribution in [2.45, 2.75) is 12.8 Å². The number of ketones is 1. The average Bonchev–Trinajstić information content (AvgIpc) is 2.64. The second kappa shape index (κ2) is 9.32. The largest absolute Gasteiger partial charge is 0.354 e. The molecule has 6 heteroatoms. The zero-order valence-electron chi connectivity index (χ0n) is 13.6. The van der Waals surface area contributed by atoms with Gasteiger partial charge in [0.05, 0.1) is 5.56 Å². The first kappa shape index (κ1) is 18.3. The first-order valence-electron chi connectivity index (χ1n) is 7.95. The van der Waals surface area contributed by atoms with Gasteiger partial charge in [-0.15, -0.1) is 0 Å². The number of halogens is 1. The summed E-state index contributed by atoms with van der Waals surface area (Å²) in [5.41, 5.74) is 0.537. The molecule has 0 aliphatic rings. The Morgan fingerprint density at radius 2 is 1.44 bits per heavy atom. The van der Waals surface area contributed by atoms with Gasteiger partial charge >= 0.3 is 0 Å². The van der Waals surface area contributed by atoms with E-state index >= 15 is 0 Å². The maximum Gasteiger partial charge on any atom is 0.251 e. The predicted octanol–water partition coefficient (Wildman–Crippen LogP) is 2.33. The first-order valence-corrected chi connectivity index (χ1v) is 7.95. The molecule has 0 aliphatic carbocycles. The Kier molecular flexibility index (Phi) is 6.83. The highest BCUT2D eigenvalue weighted by molar-refractivity contribution is 5.98. The molecule has 0 aliphatic heterocycles. The number of benzene rings is 2. The number of carbonyl (C=O) groups excluding carboxylic acids is 3. The van der Waals surface area contributed by atoms with Gasteiger partial charge in [0, 0.05) is 31.5 Å². The van der Waals surface area contributed by atoms with E-state index in [1.54, 1.807) is 30.3 Å². The lowest BCUT2D eigenvalue weighted by atomic mass is 10.1. The number of rotatable bonds is 8. The number of nitrogens with one attached hydrogen (secondary N) is 2. The van der Waals surface area contributed by atoms with E-state index in [1.165, 1.54) is 18.2 Å². The lowest BCUT2D eigenvalue weighted by Gasteiger charge is -2.07. The fourth-order valence-corrected chi connectivity index (χ4v) is 2.21. The Bertz CT molecular complexity index is 747. The van der Waals surface area contributed by atoms with Gasteiger partial charge in [-0.05, 0) is 24.3 Å². The van der Waals surface area contributed by atoms with Crippen LogP contribution in [0.3, 0.4) is 0 Å². The van der Waals surface area contributed by atoms with Crippen molar-refractivity contribution < 1.29 is 18.8 Å². The van der Waals surface area contributed by atoms with Crippen LogP contribution in [0.25, 0.3) is 0 Å². The molecule has 2 amide bonds. The molecular weight excluding hydrogens is 323 g/mol. The van der Waals surface area contributed by atoms with E-state index in [9.17, 15) is 18.8 Å². The molecule has 0 unspecified atom stereocenters. The Morgan fingerprint density at radius 1 is 0.800 bits per heavy atom. The minimum absolute atomic E-state index is 0.00887. The van der Waals surface area contributed by atoms with Crippen LogP contribution < -0.4 is 10.6 Å². The van der Waals surface area contributed by atoms with Gasteiger partial charge in [0.2, 0.25) is 5.91 Å². The van der Waals surface area contributed by atoms with Gasteiger partial charge in [0.15, 0.2) is 5.78 Å². The Balaban J connectivity index is 1.65. The number of hydrogen-bond acceptors (Lipinski definition) is 3. The summed E-state index contributed by atoms with van der Waals surface area (Å²) < 4.78 is 13.5. The summed E-state index contributed by atoms with van der Waals surface area (Å²) in [6, 6.07) is 14.4. The van der Waals surface area contributed by atoms with Crippen LogP contribution in [0.5, 0.6) is 0 Å². The molecule has 25 heavy (non-hydrogen) atoms. The van der Waals surface area contributed by atoms with Crippen molar-refractivity contribution >= 4 is 17.6 Å². The van der Waals surface area contributed by atoms with Crippen LogP contribution in [0, 0.1) is 5.82 Å². The van der Waals surface area contributed by atoms with E-state index in [0.717, 1.165) is 0 Å². The Morgan fingerprint density at radius 3 is 2.16 bits per heavy atom. The smallest absolute Gasteiger partial charge is 0.251 e. The molecule has 2 N–H and O–H groups in total. The average molecular weight is 342 g/mol. The number of hydrogen-bond donors (Lipinski definition) is 2. The molecule has 2 aromatic carbocycles. The highest BCUT2D eigenvalue weighted by Crippen LogP contribution is 2.10. The van der Waals surface area contributed by atoms with Crippen LogP contribution in [0.15, 0.2) is 54.6 Å². The minimum Gasteiger partial charge on any atom is -0.354 e. The molecule has 0 spiro atoms. The molecule has 0 bridgehead atoms. The summed E-state index contributed by atoms with van der Waals surface area (Å²) >= 11 is 0. The molecule has 0 saturated heterocycles. The second-order valence-corrected chi connectivity index (χ2v) is 5.37. The lowest BCUT2D eigenvalue weighted by molar-refractivity contribution is -0.121. The van der Waals surface area contributed by atoms with Gasteiger partial charge in [-0.1, -0.05) is 30.3 Å². The monoisotopic (exact) mass is 342 g/mol. The topological polar surface area (TPSA) is 75.3 Å². The predicted molar refractivity (Wildman–Crippen MR) is 91.7 cm³/mol. The van der Waals surface area contributed by atoms with Crippen LogP contribution in [0.1, 0.15) is 33.6 Å². The Labute approximate surface area is 145 Å². The van der Waals surface area contributed by atoms with Crippen molar-refractivity contribution in [2.24, 2.45) is 0 Å². The van der Waals surface area contributed by atoms with E-state index in [-0.39, 0.29) is 43.3 Å². The minimum atomic E-state index is -0.587. The van der Waals surface area contributed by atoms with Crippen LogP contribution >= 0.6 is 0 Å². The SMILES string of the molecule is O=C(CCC(=O)c1ccccc1F)NCCNC(=O)c1ccccc1. The van der Waals surface area contributed by atoms with Crippen molar-refractivity contribution in [2.75, 3.05) is 13.1 Å². The van der Waals surface area contributed by atoms with Gasteiger partial charge in [-0.25, -0.2) is 4.39 Å². The molecule has 0 aromatic heterocycles. The molecule has 5 nitrogen and oxygen atoms in total. The van der Waals surface area contributed by atoms with Crippen LogP contribution in [0.2, 0.25) is 0 Å². The third kappa shape index (κ3) is 5.84. The molecule has 0 atom stereocenters. The number of amides is 2. The molecule has 0 radical (unpaired) electrons. The fourth-order valence-electron chi connectivity index (χ4n) is 2.21. The highest BCUT2D eigenvalue weighted by atomic mass is 19.1. The molecular formula is C19H19FN2O3. The summed E-state index contributed by atoms with van der Waals surface area (Å²) in [6.07, 6.45) is -0.0943. The second-order valence-electron chi connectivity index (χ2n) is 5.37. The Hall–Kier alpha value is -3.02. The summed E-state index contributed by atoms with van der Waals surface area (Å²) in [6.45, 7) is 0.534. The molecule has 130 valence electrons. The standard InChI is InChI=1S/C19H19FN2O3/c20-16-9-5-4-8-15(16)17(23)10-11-18(24)21-12-13-22-19(25)14-6-2-1-3-7-14/h1-9H,10-13H2,(H,21,24)(H,22,25). The zero-order valence-corrected chi connectivity index (χ0v) is 13.6. The van der Waals surface area contributed by atoms with E-state index in [4.69, 9.17) is 0 Å². The normalized spacial score (nSPS) is 10.1. The summed E-state index contributed by atoms with van der Waals surface area (Å²) in [7, 11) is 0. The van der Waals surface area contributed by atoms with Gasteiger partial charge in [-0.3, -0.25) is 14.4 Å². The molecule has 2 rings (SSSR count). The molecule has 0 heterocycles. The van der Waals surface area contributed by atoms with Crippen LogP contribution in [-0.2, 0) is 4.79 Å². The lowest BCUT2D eigenvalue weighted by Crippen LogP contribution is -2.34. The summed E-state index contributed by atoms with van der Waals surface area (Å²) in [5.74, 6) is -1.54. The number of Topliss-reactive ketones (excluding diaryl/α,β-unsaturated/α-hetero) is 1. The maximum atomic E-state index is 13.5. The third-order valence-corrected chi connectivity index (χ3v) is 3.52. The fraction of sp³-hybridized carbons (Fsp3) is 0.211. The van der Waals surface area contributed by atoms with Crippen LogP contribution in [-0.4, -0.2) is 30.7 Å². The quantitative estimate of drug-likeness (QED) is 0.571. The van der Waals surface area contributed by atoms with Gasteiger partial charge in [-0.2, -0.15) is 0 Å². The summed E-state index contributed by atoms with van der Waals surface area (Å²) in [4.78, 5) is 35.4. The van der Waals surface area contributed by atoms with Gasteiger partial charge in [0.1, 0.15) is 5.82 Å². The van der Waals surface area contributed by atoms with Gasteiger partial charge < -0.3 is 10.6 Å². The highest BCUT2D eigenvalue weighted by Gasteiger charge is 2.12. The van der Waals surface area contributed by atoms with Crippen molar-refractivity contribution in [3.05, 3.63) is 71.5 Å². The van der Waals surface area contributed by atoms with Crippen molar-refractivity contribution in [1.82, 2.24) is 10.6 Å². The van der Waals surface area contributed by atoms with E-state index in [0.29, 0.717) is 5.56 Å². The van der Waals surface area contributed by atoms with E-state index in [1.807, 2.05) is 6.07 Å². The molecule has 2 aromatic rings. The molecule has 0 fully saturated rings. The van der Waals surface area contributed by atoms with Crippen molar-refractivity contribution in [3.63, 3.8) is 0 Å². The van der Waals surface area contributed by atoms with Crippen molar-refractivity contribution in [1.29, 1.82) is 0 Å². The van der Waals surface area contributed by atoms with E-state index < -0.39 is 11.6 Å². The summed E-state index contributed by atoms with van der Waals surface area (Å²) in [5, 5.41) is 5.29. The third-order valence-electron chi connectivity index (χ3n) is 3.52. The maximum absolute atomic E-state index is 13.5. The van der Waals surface area contributed by atoms with Gasteiger partial charge in [0.25, 0.3) is 5.91 Å². The zero-order chi connectivity index (χ0) is 18.1.